The van der Waals surface area contributed by atoms with E-state index >= 15 is 0 Å². The van der Waals surface area contributed by atoms with Crippen LogP contribution < -0.4 is 10.3 Å². The second-order valence-corrected chi connectivity index (χ2v) is 5.71. The van der Waals surface area contributed by atoms with Crippen molar-refractivity contribution in [1.82, 2.24) is 15.0 Å². The first-order valence-corrected chi connectivity index (χ1v) is 7.55. The third kappa shape index (κ3) is 2.51. The van der Waals surface area contributed by atoms with Crippen LogP contribution in [-0.2, 0) is 11.3 Å². The van der Waals surface area contributed by atoms with Gasteiger partial charge in [-0.2, -0.15) is 0 Å². The summed E-state index contributed by atoms with van der Waals surface area (Å²) < 4.78 is 5.36. The van der Waals surface area contributed by atoms with E-state index in [0.717, 1.165) is 55.6 Å². The lowest BCUT2D eigenvalue weighted by Crippen LogP contribution is -2.37. The maximum absolute atomic E-state index is 5.36. The van der Waals surface area contributed by atoms with Gasteiger partial charge in [0.2, 0.25) is 5.95 Å². The summed E-state index contributed by atoms with van der Waals surface area (Å²) in [6, 6.07) is 6.45. The van der Waals surface area contributed by atoms with E-state index < -0.39 is 0 Å². The molecule has 2 aliphatic rings. The summed E-state index contributed by atoms with van der Waals surface area (Å²) in [4.78, 5) is 11.2. The number of hydrazine groups is 1. The Hall–Kier alpha value is -2.18. The fourth-order valence-corrected chi connectivity index (χ4v) is 2.90. The van der Waals surface area contributed by atoms with Gasteiger partial charge in [0.25, 0.3) is 0 Å². The van der Waals surface area contributed by atoms with Gasteiger partial charge >= 0.3 is 0 Å². The molecule has 6 heteroatoms. The summed E-state index contributed by atoms with van der Waals surface area (Å²) in [6.07, 6.45) is 3.80. The van der Waals surface area contributed by atoms with Crippen LogP contribution in [0.3, 0.4) is 0 Å². The van der Waals surface area contributed by atoms with E-state index in [-0.39, 0.29) is 0 Å². The third-order valence-electron chi connectivity index (χ3n) is 4.09. The van der Waals surface area contributed by atoms with E-state index in [1.54, 1.807) is 0 Å². The van der Waals surface area contributed by atoms with Gasteiger partial charge in [0.1, 0.15) is 0 Å². The number of ether oxygens (including phenoxy) is 1. The molecule has 1 aromatic carbocycles. The molecule has 0 aliphatic carbocycles. The lowest BCUT2D eigenvalue weighted by atomic mass is 10.1. The van der Waals surface area contributed by atoms with E-state index in [0.29, 0.717) is 0 Å². The number of nitrogens with one attached hydrogen (secondary N) is 1. The van der Waals surface area contributed by atoms with E-state index in [2.05, 4.69) is 43.5 Å². The largest absolute Gasteiger partial charge is 0.378 e. The zero-order chi connectivity index (χ0) is 14.9. The third-order valence-corrected chi connectivity index (χ3v) is 4.09. The first kappa shape index (κ1) is 13.5. The molecule has 22 heavy (non-hydrogen) atoms. The van der Waals surface area contributed by atoms with Gasteiger partial charge in [0.15, 0.2) is 0 Å². The SMILES string of the molecule is CN1Cc2ccc(-c3cnc(N4CCOCC4)nc3)cc2N1. The van der Waals surface area contributed by atoms with Crippen LogP contribution in [0.15, 0.2) is 30.6 Å². The molecule has 0 unspecified atom stereocenters. The normalized spacial score (nSPS) is 18.1. The van der Waals surface area contributed by atoms with Crippen LogP contribution in [0.2, 0.25) is 0 Å². The number of rotatable bonds is 2. The van der Waals surface area contributed by atoms with Crippen LogP contribution in [0.5, 0.6) is 0 Å². The van der Waals surface area contributed by atoms with Gasteiger partial charge < -0.3 is 15.1 Å². The van der Waals surface area contributed by atoms with Crippen molar-refractivity contribution in [3.05, 3.63) is 36.2 Å². The lowest BCUT2D eigenvalue weighted by molar-refractivity contribution is 0.122. The van der Waals surface area contributed by atoms with Crippen molar-refractivity contribution < 1.29 is 4.74 Å². The van der Waals surface area contributed by atoms with Gasteiger partial charge in [-0.15, -0.1) is 0 Å². The zero-order valence-electron chi connectivity index (χ0n) is 12.6. The molecule has 1 aromatic heterocycles. The molecular formula is C16H19N5O. The van der Waals surface area contributed by atoms with Crippen LogP contribution >= 0.6 is 0 Å². The highest BCUT2D eigenvalue weighted by molar-refractivity contribution is 5.70. The van der Waals surface area contributed by atoms with Crippen LogP contribution in [0, 0.1) is 0 Å². The number of fused-ring (bicyclic) bond motifs is 1. The molecule has 1 N–H and O–H groups in total. The van der Waals surface area contributed by atoms with E-state index in [1.807, 2.05) is 19.4 Å². The number of hydrogen-bond acceptors (Lipinski definition) is 6. The maximum Gasteiger partial charge on any atom is 0.225 e. The first-order valence-electron chi connectivity index (χ1n) is 7.55. The van der Waals surface area contributed by atoms with Crippen molar-refractivity contribution in [1.29, 1.82) is 0 Å². The molecule has 4 rings (SSSR count). The Morgan fingerprint density at radius 2 is 1.86 bits per heavy atom. The molecule has 2 aromatic rings. The number of aromatic nitrogens is 2. The van der Waals surface area contributed by atoms with Gasteiger partial charge in [-0.25, -0.2) is 15.0 Å². The molecule has 0 atom stereocenters. The average molecular weight is 297 g/mol. The summed E-state index contributed by atoms with van der Waals surface area (Å²) in [5.74, 6) is 0.783. The van der Waals surface area contributed by atoms with Gasteiger partial charge in [0.05, 0.1) is 18.9 Å². The van der Waals surface area contributed by atoms with Gasteiger partial charge in [-0.1, -0.05) is 12.1 Å². The Labute approximate surface area is 129 Å². The lowest BCUT2D eigenvalue weighted by Gasteiger charge is -2.26. The fraction of sp³-hybridized carbons (Fsp3) is 0.375. The number of hydrogen-bond donors (Lipinski definition) is 1. The Bertz CT molecular complexity index is 667. The summed E-state index contributed by atoms with van der Waals surface area (Å²) >= 11 is 0. The second kappa shape index (κ2) is 5.55. The summed E-state index contributed by atoms with van der Waals surface area (Å²) in [7, 11) is 2.04. The molecule has 114 valence electrons. The molecule has 0 radical (unpaired) electrons. The first-order chi connectivity index (χ1) is 10.8. The number of benzene rings is 1. The molecule has 3 heterocycles. The van der Waals surface area contributed by atoms with Crippen LogP contribution in [0.25, 0.3) is 11.1 Å². The van der Waals surface area contributed by atoms with Crippen LogP contribution in [0.1, 0.15) is 5.56 Å². The molecule has 1 fully saturated rings. The highest BCUT2D eigenvalue weighted by Crippen LogP contribution is 2.29. The summed E-state index contributed by atoms with van der Waals surface area (Å²) in [5, 5.41) is 2.08. The van der Waals surface area contributed by atoms with Crippen molar-refractivity contribution in [3.8, 4) is 11.1 Å². The zero-order valence-corrected chi connectivity index (χ0v) is 12.6. The predicted molar refractivity (Wildman–Crippen MR) is 85.6 cm³/mol. The quantitative estimate of drug-likeness (QED) is 0.911. The second-order valence-electron chi connectivity index (χ2n) is 5.71. The number of nitrogens with zero attached hydrogens (tertiary/aromatic N) is 4. The molecule has 1 saturated heterocycles. The molecule has 0 saturated carbocycles. The van der Waals surface area contributed by atoms with E-state index in [1.165, 1.54) is 5.56 Å². The van der Waals surface area contributed by atoms with Gasteiger partial charge in [0, 0.05) is 44.6 Å². The van der Waals surface area contributed by atoms with Crippen LogP contribution in [-0.4, -0.2) is 48.3 Å². The minimum atomic E-state index is 0.745. The highest BCUT2D eigenvalue weighted by atomic mass is 16.5. The van der Waals surface area contributed by atoms with Crippen molar-refractivity contribution in [2.45, 2.75) is 6.54 Å². The van der Waals surface area contributed by atoms with Crippen molar-refractivity contribution >= 4 is 11.6 Å². The Morgan fingerprint density at radius 3 is 2.64 bits per heavy atom. The molecule has 2 aliphatic heterocycles. The fourth-order valence-electron chi connectivity index (χ4n) is 2.90. The Balaban J connectivity index is 1.57. The van der Waals surface area contributed by atoms with E-state index in [9.17, 15) is 0 Å². The van der Waals surface area contributed by atoms with Crippen molar-refractivity contribution in [2.75, 3.05) is 43.7 Å². The number of anilines is 2. The topological polar surface area (TPSA) is 53.5 Å². The summed E-state index contributed by atoms with van der Waals surface area (Å²) in [5.41, 5.74) is 7.99. The highest BCUT2D eigenvalue weighted by Gasteiger charge is 2.16. The van der Waals surface area contributed by atoms with Crippen LogP contribution in [0.4, 0.5) is 11.6 Å². The minimum Gasteiger partial charge on any atom is -0.378 e. The van der Waals surface area contributed by atoms with Gasteiger partial charge in [-0.3, -0.25) is 0 Å². The van der Waals surface area contributed by atoms with E-state index in [4.69, 9.17) is 4.74 Å². The maximum atomic E-state index is 5.36. The minimum absolute atomic E-state index is 0.745. The van der Waals surface area contributed by atoms with Gasteiger partial charge in [-0.05, 0) is 17.2 Å². The summed E-state index contributed by atoms with van der Waals surface area (Å²) in [6.45, 7) is 4.13. The monoisotopic (exact) mass is 297 g/mol. The van der Waals surface area contributed by atoms with Crippen molar-refractivity contribution in [3.63, 3.8) is 0 Å². The predicted octanol–water partition coefficient (Wildman–Crippen LogP) is 1.75. The number of morpholine rings is 1. The molecular weight excluding hydrogens is 278 g/mol. The molecule has 0 spiro atoms. The molecule has 0 bridgehead atoms. The molecule has 6 nitrogen and oxygen atoms in total. The smallest absolute Gasteiger partial charge is 0.225 e. The Morgan fingerprint density at radius 1 is 1.09 bits per heavy atom. The Kier molecular flexibility index (Phi) is 3.40. The standard InChI is InChI=1S/C16H19N5O/c1-20-11-13-3-2-12(8-15(13)19-20)14-9-17-16(18-10-14)21-4-6-22-7-5-21/h2-3,8-10,19H,4-7,11H2,1H3. The average Bonchev–Trinajstić information content (AvgIpc) is 2.95. The molecule has 0 amide bonds. The van der Waals surface area contributed by atoms with Crippen molar-refractivity contribution in [2.24, 2.45) is 0 Å².